The normalized spacial score (nSPS) is 18.4. The zero-order chi connectivity index (χ0) is 14.5. The van der Waals surface area contributed by atoms with Gasteiger partial charge in [-0.05, 0) is 56.9 Å². The standard InChI is InChI=1S/C15H21NO3S/c1-10-9-11(2)16-14(13(10)15(17)18)20-8-4-6-12-5-3-7-19-12/h9,12H,3-8H2,1-2H3,(H,17,18). The number of nitrogens with zero attached hydrogens (tertiary/aromatic N) is 1. The van der Waals surface area contributed by atoms with Crippen molar-refractivity contribution < 1.29 is 14.6 Å². The fraction of sp³-hybridized carbons (Fsp3) is 0.600. The lowest BCUT2D eigenvalue weighted by atomic mass is 10.1. The first-order chi connectivity index (χ1) is 9.58. The molecule has 1 aromatic heterocycles. The van der Waals surface area contributed by atoms with E-state index in [4.69, 9.17) is 4.74 Å². The van der Waals surface area contributed by atoms with Crippen LogP contribution in [0.2, 0.25) is 0 Å². The van der Waals surface area contributed by atoms with Gasteiger partial charge in [0.05, 0.1) is 11.7 Å². The fourth-order valence-electron chi connectivity index (χ4n) is 2.52. The first-order valence-electron chi connectivity index (χ1n) is 7.04. The second kappa shape index (κ2) is 7.09. The molecule has 4 nitrogen and oxygen atoms in total. The summed E-state index contributed by atoms with van der Waals surface area (Å²) in [4.78, 5) is 15.7. The van der Waals surface area contributed by atoms with Crippen LogP contribution in [0.5, 0.6) is 0 Å². The van der Waals surface area contributed by atoms with Crippen LogP contribution in [-0.4, -0.2) is 34.5 Å². The van der Waals surface area contributed by atoms with E-state index < -0.39 is 5.97 Å². The lowest BCUT2D eigenvalue weighted by Crippen LogP contribution is -2.07. The quantitative estimate of drug-likeness (QED) is 0.643. The van der Waals surface area contributed by atoms with E-state index >= 15 is 0 Å². The highest BCUT2D eigenvalue weighted by Gasteiger charge is 2.17. The van der Waals surface area contributed by atoms with E-state index in [-0.39, 0.29) is 0 Å². The van der Waals surface area contributed by atoms with Gasteiger partial charge < -0.3 is 9.84 Å². The van der Waals surface area contributed by atoms with Crippen molar-refractivity contribution in [1.29, 1.82) is 0 Å². The summed E-state index contributed by atoms with van der Waals surface area (Å²) in [6, 6.07) is 1.82. The average Bonchev–Trinajstić information content (AvgIpc) is 2.86. The summed E-state index contributed by atoms with van der Waals surface area (Å²) in [5.74, 6) is -0.00706. The minimum Gasteiger partial charge on any atom is -0.478 e. The van der Waals surface area contributed by atoms with Gasteiger partial charge in [0.2, 0.25) is 0 Å². The first-order valence-corrected chi connectivity index (χ1v) is 8.02. The van der Waals surface area contributed by atoms with Gasteiger partial charge in [-0.15, -0.1) is 11.8 Å². The van der Waals surface area contributed by atoms with Gasteiger partial charge in [0.25, 0.3) is 0 Å². The Morgan fingerprint density at radius 2 is 2.35 bits per heavy atom. The summed E-state index contributed by atoms with van der Waals surface area (Å²) in [5, 5.41) is 9.93. The Labute approximate surface area is 123 Å². The van der Waals surface area contributed by atoms with Crippen LogP contribution in [0, 0.1) is 13.8 Å². The third-order valence-corrected chi connectivity index (χ3v) is 4.52. The zero-order valence-corrected chi connectivity index (χ0v) is 12.8. The van der Waals surface area contributed by atoms with E-state index in [1.165, 1.54) is 18.2 Å². The molecule has 5 heteroatoms. The Morgan fingerprint density at radius 3 is 3.00 bits per heavy atom. The number of carbonyl (C=O) groups is 1. The number of aromatic carboxylic acids is 1. The van der Waals surface area contributed by atoms with Crippen LogP contribution in [-0.2, 0) is 4.74 Å². The molecule has 0 aliphatic carbocycles. The lowest BCUT2D eigenvalue weighted by Gasteiger charge is -2.11. The zero-order valence-electron chi connectivity index (χ0n) is 12.0. The van der Waals surface area contributed by atoms with E-state index in [2.05, 4.69) is 4.98 Å². The fourth-order valence-corrected chi connectivity index (χ4v) is 3.62. The van der Waals surface area contributed by atoms with Gasteiger partial charge in [0.1, 0.15) is 5.03 Å². The maximum atomic E-state index is 11.3. The summed E-state index contributed by atoms with van der Waals surface area (Å²) in [6.07, 6.45) is 4.82. The number of carboxylic acids is 1. The molecule has 110 valence electrons. The van der Waals surface area contributed by atoms with Crippen LogP contribution in [0.3, 0.4) is 0 Å². The van der Waals surface area contributed by atoms with Crippen molar-refractivity contribution in [2.45, 2.75) is 50.7 Å². The van der Waals surface area contributed by atoms with E-state index in [0.29, 0.717) is 16.7 Å². The molecular formula is C15H21NO3S. The molecule has 2 rings (SSSR count). The third-order valence-electron chi connectivity index (χ3n) is 3.46. The molecule has 0 spiro atoms. The summed E-state index contributed by atoms with van der Waals surface area (Å²) in [6.45, 7) is 4.61. The number of rotatable bonds is 6. The Bertz CT molecular complexity index is 484. The number of hydrogen-bond donors (Lipinski definition) is 1. The summed E-state index contributed by atoms with van der Waals surface area (Å²) in [5.41, 5.74) is 2.00. The molecule has 1 aromatic rings. The van der Waals surface area contributed by atoms with Crippen LogP contribution in [0.15, 0.2) is 11.1 Å². The lowest BCUT2D eigenvalue weighted by molar-refractivity contribution is 0.0691. The van der Waals surface area contributed by atoms with Crippen molar-refractivity contribution in [2.75, 3.05) is 12.4 Å². The molecule has 0 bridgehead atoms. The van der Waals surface area contributed by atoms with Crippen molar-refractivity contribution in [3.05, 3.63) is 22.9 Å². The van der Waals surface area contributed by atoms with Gasteiger partial charge in [-0.25, -0.2) is 9.78 Å². The van der Waals surface area contributed by atoms with Gasteiger partial charge in [-0.3, -0.25) is 0 Å². The maximum Gasteiger partial charge on any atom is 0.338 e. The van der Waals surface area contributed by atoms with Gasteiger partial charge in [0.15, 0.2) is 0 Å². The van der Waals surface area contributed by atoms with Crippen LogP contribution < -0.4 is 0 Å². The number of hydrogen-bond acceptors (Lipinski definition) is 4. The molecule has 1 atom stereocenters. The monoisotopic (exact) mass is 295 g/mol. The highest BCUT2D eigenvalue weighted by atomic mass is 32.2. The Hall–Kier alpha value is -1.07. The second-order valence-electron chi connectivity index (χ2n) is 5.19. The summed E-state index contributed by atoms with van der Waals surface area (Å²) < 4.78 is 5.59. The van der Waals surface area contributed by atoms with Crippen molar-refractivity contribution in [3.63, 3.8) is 0 Å². The van der Waals surface area contributed by atoms with Crippen LogP contribution >= 0.6 is 11.8 Å². The van der Waals surface area contributed by atoms with Crippen molar-refractivity contribution >= 4 is 17.7 Å². The van der Waals surface area contributed by atoms with Crippen LogP contribution in [0.4, 0.5) is 0 Å². The molecule has 0 radical (unpaired) electrons. The Kier molecular flexibility index (Phi) is 5.43. The summed E-state index contributed by atoms with van der Waals surface area (Å²) >= 11 is 1.54. The maximum absolute atomic E-state index is 11.3. The minimum atomic E-state index is -0.892. The number of aryl methyl sites for hydroxylation is 2. The predicted molar refractivity (Wildman–Crippen MR) is 79.6 cm³/mol. The highest BCUT2D eigenvalue weighted by molar-refractivity contribution is 7.99. The van der Waals surface area contributed by atoms with E-state index in [9.17, 15) is 9.90 Å². The molecule has 1 unspecified atom stereocenters. The summed E-state index contributed by atoms with van der Waals surface area (Å²) in [7, 11) is 0. The second-order valence-corrected chi connectivity index (χ2v) is 6.28. The Balaban J connectivity index is 1.92. The minimum absolute atomic E-state index is 0.345. The smallest absolute Gasteiger partial charge is 0.338 e. The van der Waals surface area contributed by atoms with Crippen LogP contribution in [0.1, 0.15) is 47.3 Å². The number of ether oxygens (including phenoxy) is 1. The molecule has 1 saturated heterocycles. The van der Waals surface area contributed by atoms with Gasteiger partial charge in [0, 0.05) is 12.3 Å². The molecule has 1 aliphatic rings. The topological polar surface area (TPSA) is 59.4 Å². The Morgan fingerprint density at radius 1 is 1.55 bits per heavy atom. The van der Waals surface area contributed by atoms with Crippen LogP contribution in [0.25, 0.3) is 0 Å². The molecule has 1 aliphatic heterocycles. The average molecular weight is 295 g/mol. The molecule has 0 saturated carbocycles. The molecule has 2 heterocycles. The molecule has 0 amide bonds. The van der Waals surface area contributed by atoms with Gasteiger partial charge >= 0.3 is 5.97 Å². The SMILES string of the molecule is Cc1cc(C)c(C(=O)O)c(SCCCC2CCCO2)n1. The van der Waals surface area contributed by atoms with Crippen molar-refractivity contribution in [1.82, 2.24) is 4.98 Å². The molecule has 1 fully saturated rings. The predicted octanol–water partition coefficient (Wildman–Crippen LogP) is 3.45. The largest absolute Gasteiger partial charge is 0.478 e. The molecule has 0 aromatic carbocycles. The van der Waals surface area contributed by atoms with Gasteiger partial charge in [-0.1, -0.05) is 0 Å². The van der Waals surface area contributed by atoms with Crippen molar-refractivity contribution in [3.8, 4) is 0 Å². The molecule has 20 heavy (non-hydrogen) atoms. The van der Waals surface area contributed by atoms with E-state index in [0.717, 1.165) is 42.9 Å². The van der Waals surface area contributed by atoms with E-state index in [1.807, 2.05) is 19.9 Å². The third kappa shape index (κ3) is 3.96. The van der Waals surface area contributed by atoms with Crippen molar-refractivity contribution in [2.24, 2.45) is 0 Å². The molecular weight excluding hydrogens is 274 g/mol. The highest BCUT2D eigenvalue weighted by Crippen LogP contribution is 2.26. The number of carboxylic acid groups (broad SMARTS) is 1. The first kappa shape index (κ1) is 15.3. The number of aromatic nitrogens is 1. The number of pyridine rings is 1. The van der Waals surface area contributed by atoms with E-state index in [1.54, 1.807) is 0 Å². The number of thioether (sulfide) groups is 1. The molecule has 1 N–H and O–H groups in total. The van der Waals surface area contributed by atoms with Gasteiger partial charge in [-0.2, -0.15) is 0 Å².